The molecule has 0 amide bonds. The second-order valence-electron chi connectivity index (χ2n) is 2.89. The second kappa shape index (κ2) is 3.41. The molecule has 4 nitrogen and oxygen atoms in total. The van der Waals surface area contributed by atoms with Crippen molar-refractivity contribution < 1.29 is 14.3 Å². The highest BCUT2D eigenvalue weighted by Crippen LogP contribution is 2.17. The molecule has 1 aliphatic rings. The lowest BCUT2D eigenvalue weighted by molar-refractivity contribution is -0.151. The smallest absolute Gasteiger partial charge is 0.342 e. The van der Waals surface area contributed by atoms with Crippen molar-refractivity contribution in [3.63, 3.8) is 0 Å². The first-order valence-corrected chi connectivity index (χ1v) is 4.11. The fourth-order valence-corrected chi connectivity index (χ4v) is 1.20. The number of cyclic esters (lactones) is 2. The van der Waals surface area contributed by atoms with E-state index in [1.54, 1.807) is 30.6 Å². The van der Waals surface area contributed by atoms with Gasteiger partial charge in [-0.2, -0.15) is 0 Å². The second-order valence-corrected chi connectivity index (χ2v) is 2.89. The third-order valence-corrected chi connectivity index (χ3v) is 1.85. The van der Waals surface area contributed by atoms with Gasteiger partial charge in [-0.3, -0.25) is 9.78 Å². The van der Waals surface area contributed by atoms with Gasteiger partial charge in [0.05, 0.1) is 6.42 Å². The number of carbonyl (C=O) groups is 2. The monoisotopic (exact) mass is 189 g/mol. The molecule has 1 aliphatic heterocycles. The van der Waals surface area contributed by atoms with Crippen molar-refractivity contribution in [2.45, 2.75) is 6.42 Å². The summed E-state index contributed by atoms with van der Waals surface area (Å²) in [5.41, 5.74) is 1.22. The van der Waals surface area contributed by atoms with Crippen molar-refractivity contribution in [2.75, 3.05) is 0 Å². The topological polar surface area (TPSA) is 56.3 Å². The molecule has 0 N–H and O–H groups in total. The SMILES string of the molecule is O=C1C/C(=C\c2ccncc2)C(=O)O1. The van der Waals surface area contributed by atoms with Crippen molar-refractivity contribution >= 4 is 18.0 Å². The zero-order chi connectivity index (χ0) is 9.97. The Balaban J connectivity index is 2.28. The van der Waals surface area contributed by atoms with E-state index in [1.807, 2.05) is 0 Å². The van der Waals surface area contributed by atoms with E-state index in [0.29, 0.717) is 5.57 Å². The number of nitrogens with zero attached hydrogens (tertiary/aromatic N) is 1. The summed E-state index contributed by atoms with van der Waals surface area (Å²) in [5.74, 6) is -1.04. The van der Waals surface area contributed by atoms with Gasteiger partial charge in [-0.15, -0.1) is 0 Å². The van der Waals surface area contributed by atoms with E-state index >= 15 is 0 Å². The Hall–Kier alpha value is -1.97. The highest BCUT2D eigenvalue weighted by Gasteiger charge is 2.26. The molecule has 14 heavy (non-hydrogen) atoms. The molecule has 0 aliphatic carbocycles. The third-order valence-electron chi connectivity index (χ3n) is 1.85. The van der Waals surface area contributed by atoms with Crippen molar-refractivity contribution in [2.24, 2.45) is 0 Å². The molecule has 2 heterocycles. The molecule has 70 valence electrons. The van der Waals surface area contributed by atoms with Crippen LogP contribution in [-0.4, -0.2) is 16.9 Å². The fraction of sp³-hybridized carbons (Fsp3) is 0.100. The Morgan fingerprint density at radius 1 is 1.29 bits per heavy atom. The van der Waals surface area contributed by atoms with Crippen LogP contribution < -0.4 is 0 Å². The first-order valence-electron chi connectivity index (χ1n) is 4.11. The van der Waals surface area contributed by atoms with E-state index in [1.165, 1.54) is 0 Å². The van der Waals surface area contributed by atoms with Crippen LogP contribution in [-0.2, 0) is 14.3 Å². The standard InChI is InChI=1S/C10H7NO3/c12-9-6-8(10(13)14-9)5-7-1-3-11-4-2-7/h1-5H,6H2/b8-5+. The molecule has 0 spiro atoms. The maximum absolute atomic E-state index is 11.1. The normalized spacial score (nSPS) is 18.7. The molecule has 1 aromatic heterocycles. The summed E-state index contributed by atoms with van der Waals surface area (Å²) < 4.78 is 4.38. The number of carbonyl (C=O) groups excluding carboxylic acids is 2. The average molecular weight is 189 g/mol. The number of esters is 2. The van der Waals surface area contributed by atoms with Crippen molar-refractivity contribution in [1.29, 1.82) is 0 Å². The highest BCUT2D eigenvalue weighted by molar-refractivity contribution is 6.08. The molecule has 2 rings (SSSR count). The molecule has 0 aromatic carbocycles. The first-order chi connectivity index (χ1) is 6.75. The Kier molecular flexibility index (Phi) is 2.10. The van der Waals surface area contributed by atoms with Crippen molar-refractivity contribution in [3.05, 3.63) is 35.7 Å². The summed E-state index contributed by atoms with van der Waals surface area (Å²) in [6.45, 7) is 0. The number of aromatic nitrogens is 1. The van der Waals surface area contributed by atoms with Crippen LogP contribution in [0.4, 0.5) is 0 Å². The van der Waals surface area contributed by atoms with Crippen LogP contribution in [0.25, 0.3) is 6.08 Å². The van der Waals surface area contributed by atoms with E-state index < -0.39 is 11.9 Å². The van der Waals surface area contributed by atoms with E-state index in [0.717, 1.165) is 5.56 Å². The molecular formula is C10H7NO3. The maximum Gasteiger partial charge on any atom is 0.342 e. The van der Waals surface area contributed by atoms with Gasteiger partial charge < -0.3 is 4.74 Å². The van der Waals surface area contributed by atoms with Crippen LogP contribution in [0.1, 0.15) is 12.0 Å². The minimum absolute atomic E-state index is 0.0567. The molecule has 0 atom stereocenters. The Bertz CT molecular complexity index is 409. The van der Waals surface area contributed by atoms with Crippen molar-refractivity contribution in [3.8, 4) is 0 Å². The molecule has 1 saturated heterocycles. The molecule has 1 aromatic rings. The van der Waals surface area contributed by atoms with Gasteiger partial charge in [0, 0.05) is 18.0 Å². The van der Waals surface area contributed by atoms with E-state index in [4.69, 9.17) is 0 Å². The molecule has 0 unspecified atom stereocenters. The van der Waals surface area contributed by atoms with Crippen LogP contribution in [0.5, 0.6) is 0 Å². The van der Waals surface area contributed by atoms with Gasteiger partial charge in [0.25, 0.3) is 0 Å². The third kappa shape index (κ3) is 1.69. The highest BCUT2D eigenvalue weighted by atomic mass is 16.6. The van der Waals surface area contributed by atoms with E-state index in [9.17, 15) is 9.59 Å². The summed E-state index contributed by atoms with van der Waals surface area (Å²) in [6.07, 6.45) is 4.93. The quantitative estimate of drug-likeness (QED) is 0.374. The zero-order valence-electron chi connectivity index (χ0n) is 7.27. The summed E-state index contributed by atoms with van der Waals surface area (Å²) in [7, 11) is 0. The van der Waals surface area contributed by atoms with Crippen molar-refractivity contribution in [1.82, 2.24) is 4.98 Å². The average Bonchev–Trinajstić information content (AvgIpc) is 2.47. The van der Waals surface area contributed by atoms with Gasteiger partial charge in [0.1, 0.15) is 0 Å². The number of ether oxygens (including phenoxy) is 1. The van der Waals surface area contributed by atoms with Gasteiger partial charge in [0.15, 0.2) is 0 Å². The Labute approximate surface area is 80.2 Å². The van der Waals surface area contributed by atoms with Crippen LogP contribution in [0.3, 0.4) is 0 Å². The minimum Gasteiger partial charge on any atom is -0.389 e. The van der Waals surface area contributed by atoms with Crippen LogP contribution in [0.2, 0.25) is 0 Å². The summed E-state index contributed by atoms with van der Waals surface area (Å²) in [5, 5.41) is 0. The van der Waals surface area contributed by atoms with Gasteiger partial charge in [0.2, 0.25) is 0 Å². The molecule has 0 saturated carbocycles. The molecule has 1 fully saturated rings. The number of hydrogen-bond donors (Lipinski definition) is 0. The number of pyridine rings is 1. The lowest BCUT2D eigenvalue weighted by Crippen LogP contribution is -1.96. The summed E-state index contributed by atoms with van der Waals surface area (Å²) >= 11 is 0. The lowest BCUT2D eigenvalue weighted by Gasteiger charge is -1.92. The Morgan fingerprint density at radius 3 is 2.57 bits per heavy atom. The number of rotatable bonds is 1. The fourth-order valence-electron chi connectivity index (χ4n) is 1.20. The Morgan fingerprint density at radius 2 is 2.00 bits per heavy atom. The van der Waals surface area contributed by atoms with Crippen LogP contribution in [0.15, 0.2) is 30.1 Å². The lowest BCUT2D eigenvalue weighted by atomic mass is 10.1. The predicted molar refractivity (Wildman–Crippen MR) is 47.9 cm³/mol. The number of hydrogen-bond acceptors (Lipinski definition) is 4. The zero-order valence-corrected chi connectivity index (χ0v) is 7.27. The summed E-state index contributed by atoms with van der Waals surface area (Å²) in [4.78, 5) is 25.7. The largest absolute Gasteiger partial charge is 0.389 e. The van der Waals surface area contributed by atoms with Gasteiger partial charge in [-0.1, -0.05) is 0 Å². The van der Waals surface area contributed by atoms with Crippen LogP contribution >= 0.6 is 0 Å². The maximum atomic E-state index is 11.1. The van der Waals surface area contributed by atoms with Gasteiger partial charge in [-0.05, 0) is 23.8 Å². The minimum atomic E-state index is -0.549. The van der Waals surface area contributed by atoms with Gasteiger partial charge >= 0.3 is 11.9 Å². The molecule has 0 bridgehead atoms. The van der Waals surface area contributed by atoms with E-state index in [2.05, 4.69) is 9.72 Å². The first kappa shape index (κ1) is 8.62. The molecule has 4 heteroatoms. The van der Waals surface area contributed by atoms with E-state index in [-0.39, 0.29) is 6.42 Å². The molecular weight excluding hydrogens is 182 g/mol. The van der Waals surface area contributed by atoms with Gasteiger partial charge in [-0.25, -0.2) is 4.79 Å². The predicted octanol–water partition coefficient (Wildman–Crippen LogP) is 0.938. The molecule has 0 radical (unpaired) electrons. The summed E-state index contributed by atoms with van der Waals surface area (Å²) in [6, 6.07) is 3.51. The van der Waals surface area contributed by atoms with Crippen LogP contribution in [0, 0.1) is 0 Å².